The molecule has 0 saturated carbocycles. The minimum absolute atomic E-state index is 0.111. The van der Waals surface area contributed by atoms with Crippen molar-refractivity contribution in [2.75, 3.05) is 31.5 Å². The van der Waals surface area contributed by atoms with E-state index in [-0.39, 0.29) is 18.4 Å². The molecule has 2 heterocycles. The van der Waals surface area contributed by atoms with Crippen LogP contribution in [0.3, 0.4) is 0 Å². The zero-order valence-corrected chi connectivity index (χ0v) is 17.8. The van der Waals surface area contributed by atoms with Crippen LogP contribution in [-0.2, 0) is 16.1 Å². The van der Waals surface area contributed by atoms with Crippen molar-refractivity contribution in [3.05, 3.63) is 65.7 Å². The maximum atomic E-state index is 12.5. The normalized spacial score (nSPS) is 16.9. The molecule has 0 aromatic heterocycles. The Morgan fingerprint density at radius 2 is 1.59 bits per heavy atom. The second kappa shape index (κ2) is 9.72. The molecule has 2 fully saturated rings. The summed E-state index contributed by atoms with van der Waals surface area (Å²) in [6, 6.07) is 17.2. The number of hydrogen-bond donors (Lipinski definition) is 2. The average molecular weight is 437 g/mol. The number of likely N-dealkylation sites (tertiary alicyclic amines) is 2. The second-order valence-corrected chi connectivity index (χ2v) is 8.30. The smallest absolute Gasteiger partial charge is 0.410 e. The minimum Gasteiger partial charge on any atom is -0.465 e. The molecule has 8 heteroatoms. The molecule has 0 bridgehead atoms. The Balaban J connectivity index is 1.19. The van der Waals surface area contributed by atoms with Gasteiger partial charge in [-0.15, -0.1) is 0 Å². The third-order valence-electron chi connectivity index (χ3n) is 6.13. The average Bonchev–Trinajstić information content (AvgIpc) is 2.78. The molecule has 3 amide bonds. The lowest BCUT2D eigenvalue weighted by molar-refractivity contribution is -0.124. The van der Waals surface area contributed by atoms with Crippen molar-refractivity contribution in [3.63, 3.8) is 0 Å². The molecule has 2 aliphatic rings. The van der Waals surface area contributed by atoms with Gasteiger partial charge in [0.05, 0.1) is 5.92 Å². The monoisotopic (exact) mass is 437 g/mol. The lowest BCUT2D eigenvalue weighted by Crippen LogP contribution is -2.54. The van der Waals surface area contributed by atoms with Crippen molar-refractivity contribution in [3.8, 4) is 0 Å². The van der Waals surface area contributed by atoms with Crippen LogP contribution in [0.5, 0.6) is 0 Å². The van der Waals surface area contributed by atoms with Gasteiger partial charge in [0.2, 0.25) is 5.91 Å². The molecule has 4 rings (SSSR count). The lowest BCUT2D eigenvalue weighted by Gasteiger charge is -2.37. The Hall–Kier alpha value is -3.55. The van der Waals surface area contributed by atoms with Crippen LogP contribution in [-0.4, -0.2) is 59.2 Å². The molecule has 2 saturated heterocycles. The second-order valence-electron chi connectivity index (χ2n) is 8.30. The quantitative estimate of drug-likeness (QED) is 0.742. The fraction of sp³-hybridized carbons (Fsp3) is 0.375. The van der Waals surface area contributed by atoms with E-state index in [4.69, 9.17) is 9.84 Å². The third kappa shape index (κ3) is 5.19. The SMILES string of the molecule is O=C(Nc1ccc(C2CCN(C(=O)O)CC2)cc1)C1CN(C(=O)OCc2ccccc2)C1. The van der Waals surface area contributed by atoms with Gasteiger partial charge in [-0.3, -0.25) is 4.79 Å². The summed E-state index contributed by atoms with van der Waals surface area (Å²) < 4.78 is 5.29. The predicted octanol–water partition coefficient (Wildman–Crippen LogP) is 3.75. The van der Waals surface area contributed by atoms with Gasteiger partial charge in [-0.25, -0.2) is 9.59 Å². The maximum absolute atomic E-state index is 12.5. The van der Waals surface area contributed by atoms with E-state index in [1.165, 1.54) is 9.80 Å². The van der Waals surface area contributed by atoms with Crippen molar-refractivity contribution in [1.29, 1.82) is 0 Å². The van der Waals surface area contributed by atoms with Crippen LogP contribution in [0, 0.1) is 5.92 Å². The first-order valence-corrected chi connectivity index (χ1v) is 10.8. The topological polar surface area (TPSA) is 99.2 Å². The largest absolute Gasteiger partial charge is 0.465 e. The number of carbonyl (C=O) groups is 3. The van der Waals surface area contributed by atoms with E-state index in [0.29, 0.717) is 37.8 Å². The zero-order valence-electron chi connectivity index (χ0n) is 17.8. The molecule has 0 unspecified atom stereocenters. The third-order valence-corrected chi connectivity index (χ3v) is 6.13. The molecule has 0 spiro atoms. The molecule has 2 aliphatic heterocycles. The first-order chi connectivity index (χ1) is 15.5. The van der Waals surface area contributed by atoms with E-state index in [0.717, 1.165) is 24.0 Å². The number of amides is 3. The predicted molar refractivity (Wildman–Crippen MR) is 118 cm³/mol. The van der Waals surface area contributed by atoms with Crippen molar-refractivity contribution < 1.29 is 24.2 Å². The summed E-state index contributed by atoms with van der Waals surface area (Å²) in [7, 11) is 0. The molecular formula is C24H27N3O5. The Bertz CT molecular complexity index is 949. The standard InChI is InChI=1S/C24H27N3O5/c28-22(20-14-27(15-20)24(31)32-16-17-4-2-1-3-5-17)25-21-8-6-18(7-9-21)19-10-12-26(13-11-19)23(29)30/h1-9,19-20H,10-16H2,(H,25,28)(H,29,30). The summed E-state index contributed by atoms with van der Waals surface area (Å²) in [6.45, 7) is 2.00. The number of hydrogen-bond acceptors (Lipinski definition) is 4. The Morgan fingerprint density at radius 3 is 2.22 bits per heavy atom. The zero-order chi connectivity index (χ0) is 22.5. The van der Waals surface area contributed by atoms with Crippen LogP contribution >= 0.6 is 0 Å². The highest BCUT2D eigenvalue weighted by atomic mass is 16.6. The van der Waals surface area contributed by atoms with Gasteiger partial charge in [0.15, 0.2) is 0 Å². The first kappa shape index (κ1) is 21.7. The molecule has 0 radical (unpaired) electrons. The Labute approximate surface area is 186 Å². The Morgan fingerprint density at radius 1 is 0.938 bits per heavy atom. The number of benzene rings is 2. The van der Waals surface area contributed by atoms with Crippen LogP contribution in [0.1, 0.15) is 29.9 Å². The van der Waals surface area contributed by atoms with Crippen molar-refractivity contribution in [2.45, 2.75) is 25.4 Å². The first-order valence-electron chi connectivity index (χ1n) is 10.8. The number of anilines is 1. The van der Waals surface area contributed by atoms with Gasteiger partial charge >= 0.3 is 12.2 Å². The van der Waals surface area contributed by atoms with E-state index < -0.39 is 12.2 Å². The molecule has 2 aromatic carbocycles. The molecule has 2 N–H and O–H groups in total. The number of nitrogens with one attached hydrogen (secondary N) is 1. The van der Waals surface area contributed by atoms with E-state index in [1.807, 2.05) is 54.6 Å². The van der Waals surface area contributed by atoms with Crippen LogP contribution in [0.4, 0.5) is 15.3 Å². The minimum atomic E-state index is -0.861. The van der Waals surface area contributed by atoms with E-state index in [9.17, 15) is 14.4 Å². The van der Waals surface area contributed by atoms with Gasteiger partial charge in [-0.1, -0.05) is 42.5 Å². The van der Waals surface area contributed by atoms with Crippen molar-refractivity contribution in [2.24, 2.45) is 5.92 Å². The number of nitrogens with zero attached hydrogens (tertiary/aromatic N) is 2. The highest BCUT2D eigenvalue weighted by Gasteiger charge is 2.36. The van der Waals surface area contributed by atoms with Crippen LogP contribution in [0.25, 0.3) is 0 Å². The van der Waals surface area contributed by atoms with Crippen molar-refractivity contribution in [1.82, 2.24) is 9.80 Å². The van der Waals surface area contributed by atoms with Crippen LogP contribution < -0.4 is 5.32 Å². The van der Waals surface area contributed by atoms with E-state index >= 15 is 0 Å². The van der Waals surface area contributed by atoms with Crippen LogP contribution in [0.15, 0.2) is 54.6 Å². The highest BCUT2D eigenvalue weighted by Crippen LogP contribution is 2.29. The van der Waals surface area contributed by atoms with Crippen molar-refractivity contribution >= 4 is 23.8 Å². The highest BCUT2D eigenvalue weighted by molar-refractivity contribution is 5.94. The molecule has 32 heavy (non-hydrogen) atoms. The lowest BCUT2D eigenvalue weighted by atomic mass is 9.89. The van der Waals surface area contributed by atoms with E-state index in [2.05, 4.69) is 5.32 Å². The summed E-state index contributed by atoms with van der Waals surface area (Å²) in [5.41, 5.74) is 2.79. The molecular weight excluding hydrogens is 410 g/mol. The number of carbonyl (C=O) groups excluding carboxylic acids is 2. The number of piperidine rings is 1. The summed E-state index contributed by atoms with van der Waals surface area (Å²) >= 11 is 0. The van der Waals surface area contributed by atoms with Gasteiger partial charge in [-0.05, 0) is 42.0 Å². The summed E-state index contributed by atoms with van der Waals surface area (Å²) in [5, 5.41) is 12.0. The van der Waals surface area contributed by atoms with E-state index in [1.54, 1.807) is 0 Å². The molecule has 2 aromatic rings. The Kier molecular flexibility index (Phi) is 6.58. The summed E-state index contributed by atoms with van der Waals surface area (Å²) in [5.74, 6) is -0.0311. The number of rotatable bonds is 5. The molecule has 8 nitrogen and oxygen atoms in total. The molecule has 0 aliphatic carbocycles. The van der Waals surface area contributed by atoms with Crippen LogP contribution in [0.2, 0.25) is 0 Å². The van der Waals surface area contributed by atoms with Gasteiger partial charge in [-0.2, -0.15) is 0 Å². The summed E-state index contributed by atoms with van der Waals surface area (Å²) in [4.78, 5) is 38.6. The maximum Gasteiger partial charge on any atom is 0.410 e. The fourth-order valence-electron chi connectivity index (χ4n) is 4.09. The number of ether oxygens (including phenoxy) is 1. The summed E-state index contributed by atoms with van der Waals surface area (Å²) in [6.07, 6.45) is 0.337. The number of carboxylic acid groups (broad SMARTS) is 1. The van der Waals surface area contributed by atoms with Gasteiger partial charge < -0.3 is 25.0 Å². The van der Waals surface area contributed by atoms with Gasteiger partial charge in [0.1, 0.15) is 6.61 Å². The van der Waals surface area contributed by atoms with Gasteiger partial charge in [0.25, 0.3) is 0 Å². The molecule has 168 valence electrons. The van der Waals surface area contributed by atoms with Gasteiger partial charge in [0, 0.05) is 31.9 Å². The fourth-order valence-corrected chi connectivity index (χ4v) is 4.09. The molecule has 0 atom stereocenters.